The van der Waals surface area contributed by atoms with E-state index in [1.807, 2.05) is 11.8 Å². The van der Waals surface area contributed by atoms with E-state index in [9.17, 15) is 0 Å². The summed E-state index contributed by atoms with van der Waals surface area (Å²) in [6, 6.07) is 0. The minimum absolute atomic E-state index is 0.517. The van der Waals surface area contributed by atoms with Gasteiger partial charge in [0.25, 0.3) is 0 Å². The van der Waals surface area contributed by atoms with Crippen molar-refractivity contribution in [2.24, 2.45) is 16.6 Å². The van der Waals surface area contributed by atoms with Crippen LogP contribution in [0.4, 0.5) is 0 Å². The van der Waals surface area contributed by atoms with Gasteiger partial charge in [0.15, 0.2) is 0 Å². The van der Waals surface area contributed by atoms with Crippen molar-refractivity contribution in [2.45, 2.75) is 31.9 Å². The molecule has 1 aliphatic heterocycles. The lowest BCUT2D eigenvalue weighted by Crippen LogP contribution is -2.24. The minimum Gasteiger partial charge on any atom is -0.387 e. The van der Waals surface area contributed by atoms with Crippen LogP contribution in [0.1, 0.15) is 26.7 Å². The van der Waals surface area contributed by atoms with Crippen LogP contribution in [-0.2, 0) is 0 Å². The molecule has 0 aromatic heterocycles. The maximum Gasteiger partial charge on any atom is 0.107 e. The number of nitrogens with two attached hydrogens (primary N) is 1. The van der Waals surface area contributed by atoms with Crippen LogP contribution in [0.15, 0.2) is 4.99 Å². The van der Waals surface area contributed by atoms with Gasteiger partial charge in [0.1, 0.15) is 5.84 Å². The molecule has 1 heterocycles. The Hall–Kier alpha value is -0.180. The molecule has 1 rings (SSSR count). The molecule has 0 aromatic rings. The summed E-state index contributed by atoms with van der Waals surface area (Å²) in [4.78, 5) is 4.38. The zero-order valence-electron chi connectivity index (χ0n) is 7.92. The molecule has 0 radical (unpaired) electrons. The average Bonchev–Trinajstić information content (AvgIpc) is 2.51. The Bertz CT molecular complexity index is 160. The summed E-state index contributed by atoms with van der Waals surface area (Å²) in [6.07, 6.45) is 2.52. The van der Waals surface area contributed by atoms with Crippen LogP contribution >= 0.6 is 11.8 Å². The highest BCUT2D eigenvalue weighted by Gasteiger charge is 2.18. The summed E-state index contributed by atoms with van der Waals surface area (Å²) in [5.74, 6) is 2.74. The van der Waals surface area contributed by atoms with Gasteiger partial charge in [0.05, 0.1) is 5.25 Å². The van der Waals surface area contributed by atoms with E-state index in [0.717, 1.165) is 12.4 Å². The molecule has 1 fully saturated rings. The molecule has 0 aliphatic carbocycles. The molecule has 70 valence electrons. The van der Waals surface area contributed by atoms with Crippen LogP contribution < -0.4 is 5.73 Å². The van der Waals surface area contributed by atoms with Gasteiger partial charge in [-0.25, -0.2) is 0 Å². The fraction of sp³-hybridized carbons (Fsp3) is 0.889. The maximum absolute atomic E-state index is 5.86. The fourth-order valence-corrected chi connectivity index (χ4v) is 2.40. The van der Waals surface area contributed by atoms with E-state index in [-0.39, 0.29) is 0 Å². The highest BCUT2D eigenvalue weighted by Crippen LogP contribution is 2.25. The number of rotatable bonds is 3. The van der Waals surface area contributed by atoms with Gasteiger partial charge in [-0.15, -0.1) is 0 Å². The van der Waals surface area contributed by atoms with Gasteiger partial charge in [-0.05, 0) is 24.5 Å². The van der Waals surface area contributed by atoms with Crippen molar-refractivity contribution >= 4 is 17.6 Å². The van der Waals surface area contributed by atoms with Crippen molar-refractivity contribution in [1.29, 1.82) is 0 Å². The Balaban J connectivity index is 2.34. The summed E-state index contributed by atoms with van der Waals surface area (Å²) in [7, 11) is 0. The molecule has 1 aliphatic rings. The van der Waals surface area contributed by atoms with Crippen LogP contribution in [0.2, 0.25) is 0 Å². The Kier molecular flexibility index (Phi) is 3.92. The maximum atomic E-state index is 5.86. The van der Waals surface area contributed by atoms with E-state index in [1.165, 1.54) is 18.6 Å². The number of hydrogen-bond donors (Lipinski definition) is 1. The number of thioether (sulfide) groups is 1. The van der Waals surface area contributed by atoms with E-state index in [2.05, 4.69) is 18.8 Å². The van der Waals surface area contributed by atoms with E-state index in [1.54, 1.807) is 0 Å². The summed E-state index contributed by atoms with van der Waals surface area (Å²) < 4.78 is 0. The molecule has 1 atom stereocenters. The third-order valence-electron chi connectivity index (χ3n) is 1.90. The zero-order chi connectivity index (χ0) is 8.97. The highest BCUT2D eigenvalue weighted by atomic mass is 32.2. The van der Waals surface area contributed by atoms with E-state index < -0.39 is 0 Å². The first-order valence-electron chi connectivity index (χ1n) is 4.61. The monoisotopic (exact) mass is 186 g/mol. The first-order chi connectivity index (χ1) is 5.70. The van der Waals surface area contributed by atoms with Gasteiger partial charge in [0, 0.05) is 6.54 Å². The Labute approximate surface area is 79.0 Å². The molecule has 0 aromatic carbocycles. The van der Waals surface area contributed by atoms with Crippen molar-refractivity contribution in [3.63, 3.8) is 0 Å². The van der Waals surface area contributed by atoms with E-state index in [0.29, 0.717) is 11.2 Å². The predicted molar refractivity (Wildman–Crippen MR) is 56.8 cm³/mol. The summed E-state index contributed by atoms with van der Waals surface area (Å²) in [6.45, 7) is 5.21. The molecule has 12 heavy (non-hydrogen) atoms. The molecule has 2 N–H and O–H groups in total. The SMILES string of the molecule is CC(C)CN=C(N)C1CCCS1. The quantitative estimate of drug-likeness (QED) is 0.540. The Morgan fingerprint density at radius 2 is 2.42 bits per heavy atom. The lowest BCUT2D eigenvalue weighted by atomic mass is 10.2. The van der Waals surface area contributed by atoms with Crippen LogP contribution in [0.5, 0.6) is 0 Å². The Morgan fingerprint density at radius 3 is 2.92 bits per heavy atom. The zero-order valence-corrected chi connectivity index (χ0v) is 8.73. The van der Waals surface area contributed by atoms with Gasteiger partial charge >= 0.3 is 0 Å². The van der Waals surface area contributed by atoms with E-state index >= 15 is 0 Å². The lowest BCUT2D eigenvalue weighted by molar-refractivity contribution is 0.663. The van der Waals surface area contributed by atoms with Gasteiger partial charge < -0.3 is 5.73 Å². The second-order valence-corrected chi connectivity index (χ2v) is 4.97. The van der Waals surface area contributed by atoms with Crippen molar-refractivity contribution in [1.82, 2.24) is 0 Å². The minimum atomic E-state index is 0.517. The fourth-order valence-electron chi connectivity index (χ4n) is 1.20. The summed E-state index contributed by atoms with van der Waals surface area (Å²) >= 11 is 1.95. The number of hydrogen-bond acceptors (Lipinski definition) is 2. The van der Waals surface area contributed by atoms with Gasteiger partial charge in [-0.1, -0.05) is 13.8 Å². The summed E-state index contributed by atoms with van der Waals surface area (Å²) in [5.41, 5.74) is 5.86. The topological polar surface area (TPSA) is 38.4 Å². The van der Waals surface area contributed by atoms with Crippen LogP contribution in [0.3, 0.4) is 0 Å². The second-order valence-electron chi connectivity index (χ2n) is 3.66. The first kappa shape index (κ1) is 9.90. The molecule has 2 nitrogen and oxygen atoms in total. The second kappa shape index (κ2) is 4.75. The van der Waals surface area contributed by atoms with E-state index in [4.69, 9.17) is 5.73 Å². The van der Waals surface area contributed by atoms with Gasteiger partial charge in [-0.3, -0.25) is 4.99 Å². The number of nitrogens with zero attached hydrogens (tertiary/aromatic N) is 1. The normalized spacial score (nSPS) is 25.2. The first-order valence-corrected chi connectivity index (χ1v) is 5.66. The lowest BCUT2D eigenvalue weighted by Gasteiger charge is -2.08. The molecule has 0 bridgehead atoms. The van der Waals surface area contributed by atoms with Crippen molar-refractivity contribution < 1.29 is 0 Å². The van der Waals surface area contributed by atoms with Crippen LogP contribution in [0, 0.1) is 5.92 Å². The molecular formula is C9H18N2S. The van der Waals surface area contributed by atoms with Crippen LogP contribution in [0.25, 0.3) is 0 Å². The Morgan fingerprint density at radius 1 is 1.67 bits per heavy atom. The van der Waals surface area contributed by atoms with Gasteiger partial charge in [0.2, 0.25) is 0 Å². The van der Waals surface area contributed by atoms with Gasteiger partial charge in [-0.2, -0.15) is 11.8 Å². The third-order valence-corrected chi connectivity index (χ3v) is 3.30. The van der Waals surface area contributed by atoms with Crippen LogP contribution in [-0.4, -0.2) is 23.4 Å². The summed E-state index contributed by atoms with van der Waals surface area (Å²) in [5, 5.41) is 0.517. The average molecular weight is 186 g/mol. The number of amidine groups is 1. The molecule has 1 unspecified atom stereocenters. The number of aliphatic imine (C=N–C) groups is 1. The third kappa shape index (κ3) is 3.05. The molecular weight excluding hydrogens is 168 g/mol. The largest absolute Gasteiger partial charge is 0.387 e. The molecule has 0 spiro atoms. The molecule has 0 saturated carbocycles. The molecule has 3 heteroatoms. The highest BCUT2D eigenvalue weighted by molar-refractivity contribution is 8.00. The molecule has 0 amide bonds. The molecule has 1 saturated heterocycles. The van der Waals surface area contributed by atoms with Crippen molar-refractivity contribution in [3.8, 4) is 0 Å². The standard InChI is InChI=1S/C9H18N2S/c1-7(2)6-11-9(10)8-4-3-5-12-8/h7-8H,3-6H2,1-2H3,(H2,10,11). The van der Waals surface area contributed by atoms with Crippen molar-refractivity contribution in [3.05, 3.63) is 0 Å². The smallest absolute Gasteiger partial charge is 0.107 e. The van der Waals surface area contributed by atoms with Crippen molar-refractivity contribution in [2.75, 3.05) is 12.3 Å². The predicted octanol–water partition coefficient (Wildman–Crippen LogP) is 1.90.